The van der Waals surface area contributed by atoms with E-state index in [4.69, 9.17) is 9.47 Å². The second-order valence-electron chi connectivity index (χ2n) is 9.81. The molecule has 3 aromatic rings. The molecule has 0 unspecified atom stereocenters. The zero-order chi connectivity index (χ0) is 26.0. The minimum atomic E-state index is -0.535. The van der Waals surface area contributed by atoms with Crippen LogP contribution in [0.1, 0.15) is 50.7 Å². The molecule has 1 aliphatic rings. The zero-order valence-corrected chi connectivity index (χ0v) is 21.6. The van der Waals surface area contributed by atoms with Crippen LogP contribution in [0.4, 0.5) is 16.4 Å². The number of carbonyl (C=O) groups is 2. The second kappa shape index (κ2) is 10.00. The number of nitrogens with zero attached hydrogens (tertiary/aromatic N) is 6. The SMILES string of the molecule is CCOc1cc2nc(C)cn2cc1C(=O)Nc1cnc(N2CCN(C(=O)OC(C)(C)C)[C@@H](C)C2)cn1. The highest BCUT2D eigenvalue weighted by Gasteiger charge is 2.31. The van der Waals surface area contributed by atoms with E-state index in [1.54, 1.807) is 27.8 Å². The molecule has 4 rings (SSSR count). The highest BCUT2D eigenvalue weighted by atomic mass is 16.6. The molecule has 0 spiro atoms. The minimum Gasteiger partial charge on any atom is -0.493 e. The van der Waals surface area contributed by atoms with Gasteiger partial charge in [-0.05, 0) is 41.5 Å². The molecule has 0 radical (unpaired) electrons. The van der Waals surface area contributed by atoms with Crippen LogP contribution in [-0.2, 0) is 4.74 Å². The van der Waals surface area contributed by atoms with Gasteiger partial charge in [0.2, 0.25) is 0 Å². The summed E-state index contributed by atoms with van der Waals surface area (Å²) in [4.78, 5) is 42.6. The van der Waals surface area contributed by atoms with E-state index in [2.05, 4.69) is 25.2 Å². The van der Waals surface area contributed by atoms with Gasteiger partial charge in [0.15, 0.2) is 5.82 Å². The van der Waals surface area contributed by atoms with Crippen molar-refractivity contribution in [1.29, 1.82) is 0 Å². The lowest BCUT2D eigenvalue weighted by Crippen LogP contribution is -2.55. The number of imidazole rings is 1. The highest BCUT2D eigenvalue weighted by molar-refractivity contribution is 6.05. The Morgan fingerprint density at radius 1 is 1.17 bits per heavy atom. The lowest BCUT2D eigenvalue weighted by Gasteiger charge is -2.40. The molecule has 11 heteroatoms. The number of amides is 2. The Balaban J connectivity index is 1.42. The molecule has 1 saturated heterocycles. The predicted molar refractivity (Wildman–Crippen MR) is 136 cm³/mol. The van der Waals surface area contributed by atoms with Gasteiger partial charge in [-0.25, -0.2) is 19.7 Å². The van der Waals surface area contributed by atoms with Crippen molar-refractivity contribution < 1.29 is 19.1 Å². The maximum Gasteiger partial charge on any atom is 0.410 e. The van der Waals surface area contributed by atoms with E-state index in [-0.39, 0.29) is 18.0 Å². The molecule has 1 N–H and O–H groups in total. The summed E-state index contributed by atoms with van der Waals surface area (Å²) >= 11 is 0. The van der Waals surface area contributed by atoms with Crippen molar-refractivity contribution in [2.75, 3.05) is 36.5 Å². The van der Waals surface area contributed by atoms with Gasteiger partial charge in [-0.2, -0.15) is 0 Å². The number of rotatable bonds is 5. The largest absolute Gasteiger partial charge is 0.493 e. The monoisotopic (exact) mass is 495 g/mol. The van der Waals surface area contributed by atoms with E-state index in [0.717, 1.165) is 5.69 Å². The number of aryl methyl sites for hydroxylation is 1. The van der Waals surface area contributed by atoms with E-state index in [9.17, 15) is 9.59 Å². The van der Waals surface area contributed by atoms with Crippen molar-refractivity contribution in [2.24, 2.45) is 0 Å². The number of carbonyl (C=O) groups excluding carboxylic acids is 2. The number of nitrogens with one attached hydrogen (secondary N) is 1. The number of hydrogen-bond acceptors (Lipinski definition) is 8. The number of anilines is 2. The van der Waals surface area contributed by atoms with Crippen LogP contribution in [0.2, 0.25) is 0 Å². The molecule has 4 heterocycles. The van der Waals surface area contributed by atoms with Gasteiger partial charge in [-0.3, -0.25) is 4.79 Å². The van der Waals surface area contributed by atoms with Gasteiger partial charge in [0.25, 0.3) is 5.91 Å². The Hall–Kier alpha value is -3.89. The molecule has 0 saturated carbocycles. The van der Waals surface area contributed by atoms with Crippen molar-refractivity contribution in [3.05, 3.63) is 42.1 Å². The lowest BCUT2D eigenvalue weighted by atomic mass is 10.2. The summed E-state index contributed by atoms with van der Waals surface area (Å²) in [5.41, 5.74) is 1.39. The number of hydrogen-bond donors (Lipinski definition) is 1. The van der Waals surface area contributed by atoms with Gasteiger partial charge >= 0.3 is 6.09 Å². The Kier molecular flexibility index (Phi) is 7.00. The Labute approximate surface area is 210 Å². The van der Waals surface area contributed by atoms with Crippen LogP contribution in [0.5, 0.6) is 5.75 Å². The Bertz CT molecular complexity index is 1250. The Morgan fingerprint density at radius 3 is 2.58 bits per heavy atom. The standard InChI is InChI=1S/C25H33N7O4/c1-7-35-19-10-21-28-16(2)13-31(21)15-18(19)23(33)29-20-11-27-22(12-26-20)30-8-9-32(17(3)14-30)24(34)36-25(4,5)6/h10-13,15,17H,7-9,14H2,1-6H3,(H,26,29,33)/t17-/m0/s1. The quantitative estimate of drug-likeness (QED) is 0.572. The summed E-state index contributed by atoms with van der Waals surface area (Å²) in [6.45, 7) is 13.4. The van der Waals surface area contributed by atoms with Gasteiger partial charge < -0.3 is 29.0 Å². The summed E-state index contributed by atoms with van der Waals surface area (Å²) in [5.74, 6) is 1.10. The van der Waals surface area contributed by atoms with E-state index < -0.39 is 5.60 Å². The van der Waals surface area contributed by atoms with E-state index >= 15 is 0 Å². The molecule has 2 amide bonds. The van der Waals surface area contributed by atoms with Crippen LogP contribution in [0.15, 0.2) is 30.9 Å². The fraction of sp³-hybridized carbons (Fsp3) is 0.480. The van der Waals surface area contributed by atoms with Crippen molar-refractivity contribution in [2.45, 2.75) is 53.2 Å². The van der Waals surface area contributed by atoms with Crippen LogP contribution in [0, 0.1) is 6.92 Å². The number of aromatic nitrogens is 4. The first kappa shape index (κ1) is 25.2. The first-order valence-electron chi connectivity index (χ1n) is 12.0. The normalized spacial score (nSPS) is 16.2. The number of fused-ring (bicyclic) bond motifs is 1. The van der Waals surface area contributed by atoms with E-state index in [0.29, 0.717) is 54.8 Å². The van der Waals surface area contributed by atoms with Gasteiger partial charge in [0.1, 0.15) is 22.8 Å². The molecular weight excluding hydrogens is 462 g/mol. The van der Waals surface area contributed by atoms with Crippen LogP contribution >= 0.6 is 0 Å². The van der Waals surface area contributed by atoms with E-state index in [1.807, 2.05) is 47.7 Å². The van der Waals surface area contributed by atoms with Crippen molar-refractivity contribution in [3.63, 3.8) is 0 Å². The molecule has 1 fully saturated rings. The molecule has 1 aliphatic heterocycles. The number of ether oxygens (including phenoxy) is 2. The lowest BCUT2D eigenvalue weighted by molar-refractivity contribution is 0.0158. The third-order valence-corrected chi connectivity index (χ3v) is 5.68. The molecule has 11 nitrogen and oxygen atoms in total. The third-order valence-electron chi connectivity index (χ3n) is 5.68. The summed E-state index contributed by atoms with van der Waals surface area (Å²) in [6, 6.07) is 1.70. The summed E-state index contributed by atoms with van der Waals surface area (Å²) in [7, 11) is 0. The van der Waals surface area contributed by atoms with Crippen LogP contribution < -0.4 is 15.0 Å². The smallest absolute Gasteiger partial charge is 0.410 e. The van der Waals surface area contributed by atoms with Crippen molar-refractivity contribution in [1.82, 2.24) is 24.3 Å². The summed E-state index contributed by atoms with van der Waals surface area (Å²) < 4.78 is 13.0. The van der Waals surface area contributed by atoms with Gasteiger partial charge in [-0.1, -0.05) is 0 Å². The van der Waals surface area contributed by atoms with Crippen molar-refractivity contribution in [3.8, 4) is 5.75 Å². The van der Waals surface area contributed by atoms with Gasteiger partial charge in [0, 0.05) is 44.1 Å². The number of piperazine rings is 1. The highest BCUT2D eigenvalue weighted by Crippen LogP contribution is 2.23. The predicted octanol–water partition coefficient (Wildman–Crippen LogP) is 3.53. The maximum atomic E-state index is 13.0. The molecule has 1 atom stereocenters. The minimum absolute atomic E-state index is 0.0477. The average Bonchev–Trinajstić information content (AvgIpc) is 3.16. The number of pyridine rings is 1. The molecule has 0 bridgehead atoms. The fourth-order valence-electron chi connectivity index (χ4n) is 4.08. The molecule has 0 aromatic carbocycles. The molecule has 192 valence electrons. The first-order chi connectivity index (χ1) is 17.0. The van der Waals surface area contributed by atoms with Gasteiger partial charge in [0.05, 0.1) is 30.3 Å². The summed E-state index contributed by atoms with van der Waals surface area (Å²) in [5, 5.41) is 2.80. The fourth-order valence-corrected chi connectivity index (χ4v) is 4.08. The van der Waals surface area contributed by atoms with Crippen LogP contribution in [0.25, 0.3) is 5.65 Å². The van der Waals surface area contributed by atoms with Crippen molar-refractivity contribution >= 4 is 29.3 Å². The molecular formula is C25H33N7O4. The molecule has 3 aromatic heterocycles. The topological polar surface area (TPSA) is 114 Å². The summed E-state index contributed by atoms with van der Waals surface area (Å²) in [6.07, 6.45) is 6.38. The Morgan fingerprint density at radius 2 is 1.94 bits per heavy atom. The first-order valence-corrected chi connectivity index (χ1v) is 12.0. The second-order valence-corrected chi connectivity index (χ2v) is 9.81. The third kappa shape index (κ3) is 5.67. The zero-order valence-electron chi connectivity index (χ0n) is 21.6. The van der Waals surface area contributed by atoms with Gasteiger partial charge in [-0.15, -0.1) is 0 Å². The maximum absolute atomic E-state index is 13.0. The van der Waals surface area contributed by atoms with Crippen LogP contribution in [-0.4, -0.2) is 74.1 Å². The molecule has 0 aliphatic carbocycles. The average molecular weight is 496 g/mol. The molecule has 36 heavy (non-hydrogen) atoms. The van der Waals surface area contributed by atoms with Crippen LogP contribution in [0.3, 0.4) is 0 Å². The van der Waals surface area contributed by atoms with E-state index in [1.165, 1.54) is 6.20 Å².